The zero-order chi connectivity index (χ0) is 12.1. The van der Waals surface area contributed by atoms with Crippen LogP contribution in [0, 0.1) is 11.3 Å². The Morgan fingerprint density at radius 3 is 1.76 bits per heavy atom. The first-order valence-corrected chi connectivity index (χ1v) is 5.50. The number of aliphatic hydroxyl groups excluding tert-OH is 1. The van der Waals surface area contributed by atoms with Crippen molar-refractivity contribution in [3.63, 3.8) is 0 Å². The summed E-state index contributed by atoms with van der Waals surface area (Å²) in [4.78, 5) is 0. The molecule has 0 aromatic heterocycles. The summed E-state index contributed by atoms with van der Waals surface area (Å²) in [7, 11) is 0. The quantitative estimate of drug-likeness (QED) is 0.869. The van der Waals surface area contributed by atoms with Gasteiger partial charge in [0.15, 0.2) is 0 Å². The molecule has 0 heterocycles. The van der Waals surface area contributed by atoms with E-state index in [0.717, 1.165) is 11.1 Å². The van der Waals surface area contributed by atoms with Crippen molar-refractivity contribution in [3.8, 4) is 6.07 Å². The van der Waals surface area contributed by atoms with Gasteiger partial charge in [0.2, 0.25) is 0 Å². The van der Waals surface area contributed by atoms with Gasteiger partial charge in [0.25, 0.3) is 0 Å². The summed E-state index contributed by atoms with van der Waals surface area (Å²) in [5.74, 6) is -0.529. The predicted molar refractivity (Wildman–Crippen MR) is 66.2 cm³/mol. The normalized spacial score (nSPS) is 13.6. The molecule has 0 bridgehead atoms. The molecule has 2 nitrogen and oxygen atoms in total. The maximum absolute atomic E-state index is 10.2. The van der Waals surface area contributed by atoms with Gasteiger partial charge in [0, 0.05) is 0 Å². The van der Waals surface area contributed by atoms with E-state index in [0.29, 0.717) is 0 Å². The third-order valence-corrected chi connectivity index (χ3v) is 2.75. The summed E-state index contributed by atoms with van der Waals surface area (Å²) in [6, 6.07) is 20.8. The molecule has 17 heavy (non-hydrogen) atoms. The van der Waals surface area contributed by atoms with E-state index in [9.17, 15) is 10.4 Å². The first-order chi connectivity index (χ1) is 8.33. The van der Waals surface area contributed by atoms with Crippen molar-refractivity contribution in [1.29, 1.82) is 5.26 Å². The standard InChI is InChI=1S/C15H13NO/c16-11-14(12-7-3-1-4-8-12)15(17)13-9-5-2-6-10-13/h1-10,14-15,17H/t14-,15-/m0/s1. The largest absolute Gasteiger partial charge is 0.387 e. The molecular formula is C15H13NO. The van der Waals surface area contributed by atoms with Gasteiger partial charge in [-0.15, -0.1) is 0 Å². The Hall–Kier alpha value is -2.11. The van der Waals surface area contributed by atoms with Crippen LogP contribution in [-0.2, 0) is 0 Å². The van der Waals surface area contributed by atoms with Crippen molar-refractivity contribution in [2.45, 2.75) is 12.0 Å². The van der Waals surface area contributed by atoms with Gasteiger partial charge >= 0.3 is 0 Å². The molecule has 0 saturated carbocycles. The second-order valence-electron chi connectivity index (χ2n) is 3.87. The molecule has 84 valence electrons. The minimum absolute atomic E-state index is 0.529. The van der Waals surface area contributed by atoms with Crippen LogP contribution in [0.2, 0.25) is 0 Å². The molecule has 2 heteroatoms. The Morgan fingerprint density at radius 2 is 1.29 bits per heavy atom. The lowest BCUT2D eigenvalue weighted by molar-refractivity contribution is 0.164. The summed E-state index contributed by atoms with van der Waals surface area (Å²) in [6.45, 7) is 0. The topological polar surface area (TPSA) is 44.0 Å². The predicted octanol–water partition coefficient (Wildman–Crippen LogP) is 3.03. The molecule has 2 rings (SSSR count). The summed E-state index contributed by atoms with van der Waals surface area (Å²) in [6.07, 6.45) is -0.788. The average Bonchev–Trinajstić information content (AvgIpc) is 2.42. The maximum atomic E-state index is 10.2. The minimum Gasteiger partial charge on any atom is -0.387 e. The number of benzene rings is 2. The second-order valence-corrected chi connectivity index (χ2v) is 3.87. The Bertz CT molecular complexity index is 501. The molecule has 0 aliphatic carbocycles. The van der Waals surface area contributed by atoms with Crippen molar-refractivity contribution in [2.75, 3.05) is 0 Å². The molecule has 2 aromatic rings. The highest BCUT2D eigenvalue weighted by Crippen LogP contribution is 2.29. The van der Waals surface area contributed by atoms with E-state index in [4.69, 9.17) is 0 Å². The maximum Gasteiger partial charge on any atom is 0.101 e. The molecule has 0 spiro atoms. The third-order valence-electron chi connectivity index (χ3n) is 2.75. The molecule has 0 aliphatic heterocycles. The third kappa shape index (κ3) is 2.52. The van der Waals surface area contributed by atoms with Crippen LogP contribution in [0.5, 0.6) is 0 Å². The SMILES string of the molecule is N#C[C@@H](c1ccccc1)[C@@H](O)c1ccccc1. The monoisotopic (exact) mass is 223 g/mol. The summed E-state index contributed by atoms with van der Waals surface area (Å²) in [5, 5.41) is 19.4. The number of nitriles is 1. The van der Waals surface area contributed by atoms with E-state index < -0.39 is 12.0 Å². The molecule has 2 aromatic carbocycles. The van der Waals surface area contributed by atoms with E-state index in [1.165, 1.54) is 0 Å². The molecule has 0 fully saturated rings. The zero-order valence-corrected chi connectivity index (χ0v) is 9.32. The van der Waals surface area contributed by atoms with Gasteiger partial charge in [-0.1, -0.05) is 60.7 Å². The van der Waals surface area contributed by atoms with E-state index in [-0.39, 0.29) is 0 Å². The summed E-state index contributed by atoms with van der Waals surface area (Å²) >= 11 is 0. The first kappa shape index (κ1) is 11.4. The van der Waals surface area contributed by atoms with Crippen molar-refractivity contribution >= 4 is 0 Å². The fourth-order valence-electron chi connectivity index (χ4n) is 1.83. The minimum atomic E-state index is -0.788. The smallest absolute Gasteiger partial charge is 0.101 e. The molecule has 1 N–H and O–H groups in total. The van der Waals surface area contributed by atoms with Crippen LogP contribution in [0.3, 0.4) is 0 Å². The lowest BCUT2D eigenvalue weighted by Crippen LogP contribution is -2.08. The highest BCUT2D eigenvalue weighted by molar-refractivity contribution is 5.31. The summed E-state index contributed by atoms with van der Waals surface area (Å²) < 4.78 is 0. The summed E-state index contributed by atoms with van der Waals surface area (Å²) in [5.41, 5.74) is 1.61. The van der Waals surface area contributed by atoms with Crippen LogP contribution in [-0.4, -0.2) is 5.11 Å². The van der Waals surface area contributed by atoms with Gasteiger partial charge < -0.3 is 5.11 Å². The van der Waals surface area contributed by atoms with Crippen LogP contribution in [0.15, 0.2) is 60.7 Å². The Kier molecular flexibility index (Phi) is 3.54. The van der Waals surface area contributed by atoms with Gasteiger partial charge in [-0.05, 0) is 11.1 Å². The van der Waals surface area contributed by atoms with Gasteiger partial charge in [-0.25, -0.2) is 0 Å². The lowest BCUT2D eigenvalue weighted by Gasteiger charge is -2.17. The van der Waals surface area contributed by atoms with Gasteiger partial charge in [0.05, 0.1) is 12.2 Å². The van der Waals surface area contributed by atoms with Crippen molar-refractivity contribution in [2.24, 2.45) is 0 Å². The van der Waals surface area contributed by atoms with Crippen LogP contribution in [0.4, 0.5) is 0 Å². The van der Waals surface area contributed by atoms with E-state index in [1.54, 1.807) is 0 Å². The van der Waals surface area contributed by atoms with E-state index >= 15 is 0 Å². The second kappa shape index (κ2) is 5.29. The van der Waals surface area contributed by atoms with E-state index in [1.807, 2.05) is 60.7 Å². The molecular weight excluding hydrogens is 210 g/mol. The van der Waals surface area contributed by atoms with Crippen LogP contribution in [0.25, 0.3) is 0 Å². The molecule has 0 amide bonds. The average molecular weight is 223 g/mol. The van der Waals surface area contributed by atoms with Crippen LogP contribution < -0.4 is 0 Å². The van der Waals surface area contributed by atoms with Crippen molar-refractivity contribution < 1.29 is 5.11 Å². The Labute approximate surface area is 101 Å². The van der Waals surface area contributed by atoms with Gasteiger partial charge in [-0.3, -0.25) is 0 Å². The number of hydrogen-bond donors (Lipinski definition) is 1. The first-order valence-electron chi connectivity index (χ1n) is 5.50. The van der Waals surface area contributed by atoms with Crippen molar-refractivity contribution in [1.82, 2.24) is 0 Å². The van der Waals surface area contributed by atoms with Crippen LogP contribution >= 0.6 is 0 Å². The number of aliphatic hydroxyl groups is 1. The Balaban J connectivity index is 2.30. The highest BCUT2D eigenvalue weighted by Gasteiger charge is 2.21. The fourth-order valence-corrected chi connectivity index (χ4v) is 1.83. The van der Waals surface area contributed by atoms with Crippen molar-refractivity contribution in [3.05, 3.63) is 71.8 Å². The molecule has 0 aliphatic rings. The number of rotatable bonds is 3. The van der Waals surface area contributed by atoms with Gasteiger partial charge in [-0.2, -0.15) is 5.26 Å². The highest BCUT2D eigenvalue weighted by atomic mass is 16.3. The Morgan fingerprint density at radius 1 is 0.824 bits per heavy atom. The number of nitrogens with zero attached hydrogens (tertiary/aromatic N) is 1. The number of hydrogen-bond acceptors (Lipinski definition) is 2. The zero-order valence-electron chi connectivity index (χ0n) is 9.32. The van der Waals surface area contributed by atoms with Gasteiger partial charge in [0.1, 0.15) is 5.92 Å². The lowest BCUT2D eigenvalue weighted by atomic mass is 9.90. The van der Waals surface area contributed by atoms with E-state index in [2.05, 4.69) is 6.07 Å². The molecule has 2 atom stereocenters. The molecule has 0 unspecified atom stereocenters. The molecule has 0 radical (unpaired) electrons. The fraction of sp³-hybridized carbons (Fsp3) is 0.133. The molecule has 0 saturated heterocycles. The van der Waals surface area contributed by atoms with Crippen LogP contribution in [0.1, 0.15) is 23.1 Å².